The van der Waals surface area contributed by atoms with Crippen LogP contribution in [0.1, 0.15) is 70.3 Å². The molecule has 2 atom stereocenters. The molecule has 0 heterocycles. The van der Waals surface area contributed by atoms with Gasteiger partial charge in [0, 0.05) is 24.7 Å². The summed E-state index contributed by atoms with van der Waals surface area (Å²) in [6.45, 7) is 2.92. The summed E-state index contributed by atoms with van der Waals surface area (Å²) in [6, 6.07) is 12.4. The lowest BCUT2D eigenvalue weighted by Crippen LogP contribution is -2.50. The Morgan fingerprint density at radius 3 is 2.29 bits per heavy atom. The van der Waals surface area contributed by atoms with Gasteiger partial charge in [-0.1, -0.05) is 55.3 Å². The molecule has 0 amide bonds. The number of carbonyl (C=O) groups is 1. The van der Waals surface area contributed by atoms with Gasteiger partial charge in [0.15, 0.2) is 0 Å². The Hall–Kier alpha value is -1.07. The van der Waals surface area contributed by atoms with Crippen LogP contribution in [0.25, 0.3) is 6.08 Å². The Morgan fingerprint density at radius 1 is 1.10 bits per heavy atom. The van der Waals surface area contributed by atoms with Crippen LogP contribution in [-0.4, -0.2) is 35.7 Å². The first-order valence-corrected chi connectivity index (χ1v) is 11.6. The first-order valence-electron chi connectivity index (χ1n) is 11.6. The molecule has 1 aromatic rings. The van der Waals surface area contributed by atoms with Crippen LogP contribution in [-0.2, 0) is 4.79 Å². The summed E-state index contributed by atoms with van der Waals surface area (Å²) in [5.41, 5.74) is 2.41. The van der Waals surface area contributed by atoms with Gasteiger partial charge in [-0.2, -0.15) is 0 Å². The maximum absolute atomic E-state index is 11.5. The lowest BCUT2D eigenvalue weighted by atomic mass is 9.68. The molecule has 4 nitrogen and oxygen atoms in total. The molecule has 0 saturated heterocycles. The summed E-state index contributed by atoms with van der Waals surface area (Å²) < 4.78 is 0. The van der Waals surface area contributed by atoms with Crippen LogP contribution in [0.2, 0.25) is 0 Å². The molecule has 0 radical (unpaired) electrons. The number of rotatable bonds is 9. The minimum Gasteiger partial charge on any atom is -0.481 e. The van der Waals surface area contributed by atoms with Crippen molar-refractivity contribution in [1.29, 1.82) is 0 Å². The molecule has 0 aromatic heterocycles. The lowest BCUT2D eigenvalue weighted by molar-refractivity contribution is -0.154. The Morgan fingerprint density at radius 2 is 1.74 bits per heavy atom. The third kappa shape index (κ3) is 6.47. The smallest absolute Gasteiger partial charge is 0.310 e. The summed E-state index contributed by atoms with van der Waals surface area (Å²) in [5.74, 6) is 0.0896. The monoisotopic (exact) mass is 468 g/mol. The summed E-state index contributed by atoms with van der Waals surface area (Å²) in [7, 11) is 0. The maximum Gasteiger partial charge on any atom is 0.310 e. The van der Waals surface area contributed by atoms with Crippen LogP contribution in [0, 0.1) is 11.3 Å². The van der Waals surface area contributed by atoms with E-state index < -0.39 is 11.4 Å². The predicted octanol–water partition coefficient (Wildman–Crippen LogP) is 5.46. The van der Waals surface area contributed by atoms with Crippen LogP contribution in [0.5, 0.6) is 0 Å². The van der Waals surface area contributed by atoms with E-state index in [0.717, 1.165) is 38.5 Å². The van der Waals surface area contributed by atoms with Gasteiger partial charge >= 0.3 is 5.97 Å². The van der Waals surface area contributed by atoms with Gasteiger partial charge in [0.25, 0.3) is 0 Å². The molecule has 31 heavy (non-hydrogen) atoms. The van der Waals surface area contributed by atoms with Crippen LogP contribution in [0.4, 0.5) is 0 Å². The molecule has 3 aliphatic rings. The number of benzene rings is 1. The number of halogens is 2. The zero-order valence-electron chi connectivity index (χ0n) is 18.5. The summed E-state index contributed by atoms with van der Waals surface area (Å²) in [4.78, 5) is 11.5. The second kappa shape index (κ2) is 11.7. The van der Waals surface area contributed by atoms with Gasteiger partial charge in [-0.25, -0.2) is 0 Å². The third-order valence-electron chi connectivity index (χ3n) is 7.50. The van der Waals surface area contributed by atoms with Crippen molar-refractivity contribution < 1.29 is 9.90 Å². The van der Waals surface area contributed by atoms with Crippen molar-refractivity contribution >= 4 is 36.9 Å². The van der Waals surface area contributed by atoms with Gasteiger partial charge in [-0.05, 0) is 62.8 Å². The zero-order valence-corrected chi connectivity index (χ0v) is 20.1. The van der Waals surface area contributed by atoms with E-state index >= 15 is 0 Å². The van der Waals surface area contributed by atoms with E-state index in [1.807, 2.05) is 0 Å². The van der Waals surface area contributed by atoms with Crippen molar-refractivity contribution in [1.82, 2.24) is 10.6 Å². The molecule has 6 heteroatoms. The molecular weight excluding hydrogens is 431 g/mol. The molecule has 0 bridgehead atoms. The SMILES string of the molecule is CC/C(=C\c1ccccc1)C1CC1N[C@H]1CC[C@H](NCC2(C(=O)O)CCC2)CC1.Cl.Cl. The van der Waals surface area contributed by atoms with Crippen molar-refractivity contribution in [3.8, 4) is 0 Å². The minimum atomic E-state index is -0.610. The quantitative estimate of drug-likeness (QED) is 0.450. The molecule has 1 aromatic carbocycles. The average molecular weight is 469 g/mol. The van der Waals surface area contributed by atoms with Crippen LogP contribution >= 0.6 is 24.8 Å². The average Bonchev–Trinajstić information content (AvgIpc) is 3.46. The van der Waals surface area contributed by atoms with Crippen LogP contribution in [0.15, 0.2) is 35.9 Å². The molecule has 174 valence electrons. The van der Waals surface area contributed by atoms with Gasteiger partial charge in [0.1, 0.15) is 0 Å². The van der Waals surface area contributed by atoms with Crippen molar-refractivity contribution in [3.63, 3.8) is 0 Å². The predicted molar refractivity (Wildman–Crippen MR) is 132 cm³/mol. The van der Waals surface area contributed by atoms with Crippen LogP contribution < -0.4 is 10.6 Å². The second-order valence-electron chi connectivity index (χ2n) is 9.47. The largest absolute Gasteiger partial charge is 0.481 e. The molecule has 3 N–H and O–H groups in total. The molecule has 0 spiro atoms. The highest BCUT2D eigenvalue weighted by molar-refractivity contribution is 5.85. The molecule has 2 unspecified atom stereocenters. The number of carboxylic acids is 1. The van der Waals surface area contributed by atoms with Crippen LogP contribution in [0.3, 0.4) is 0 Å². The zero-order chi connectivity index (χ0) is 20.3. The second-order valence-corrected chi connectivity index (χ2v) is 9.47. The van der Waals surface area contributed by atoms with E-state index in [1.54, 1.807) is 5.57 Å². The standard InChI is InChI=1S/C25H36N2O2.2ClH/c1-2-19(15-18-7-4-3-5-8-18)22-16-23(22)27-21-11-9-20(10-12-21)26-17-25(24(28)29)13-6-14-25;;/h3-5,7-8,15,20-23,26-27H,2,6,9-14,16-17H2,1H3,(H,28,29);2*1H/b19-15+;;/t20-,21-,22?,23?;;. The Bertz CT molecular complexity index is 728. The van der Waals surface area contributed by atoms with E-state index in [4.69, 9.17) is 0 Å². The lowest BCUT2D eigenvalue weighted by Gasteiger charge is -2.40. The van der Waals surface area contributed by atoms with Crippen molar-refractivity contribution in [2.45, 2.75) is 82.8 Å². The van der Waals surface area contributed by atoms with E-state index in [9.17, 15) is 9.90 Å². The summed E-state index contributed by atoms with van der Waals surface area (Å²) >= 11 is 0. The normalized spacial score (nSPS) is 29.1. The highest BCUT2D eigenvalue weighted by Crippen LogP contribution is 2.42. The fourth-order valence-electron chi connectivity index (χ4n) is 5.20. The van der Waals surface area contributed by atoms with Gasteiger partial charge in [-0.3, -0.25) is 4.79 Å². The van der Waals surface area contributed by atoms with E-state index in [1.165, 1.54) is 24.8 Å². The van der Waals surface area contributed by atoms with Gasteiger partial charge < -0.3 is 15.7 Å². The van der Waals surface area contributed by atoms with E-state index in [0.29, 0.717) is 30.6 Å². The molecule has 3 saturated carbocycles. The third-order valence-corrected chi connectivity index (χ3v) is 7.50. The Balaban J connectivity index is 0.00000171. The molecule has 4 rings (SSSR count). The molecule has 3 fully saturated rings. The summed E-state index contributed by atoms with van der Waals surface area (Å²) in [5, 5.41) is 17.0. The van der Waals surface area contributed by atoms with Crippen molar-refractivity contribution in [2.75, 3.05) is 6.54 Å². The Kier molecular flexibility index (Phi) is 9.88. The topological polar surface area (TPSA) is 61.4 Å². The van der Waals surface area contributed by atoms with Gasteiger partial charge in [0.05, 0.1) is 5.41 Å². The van der Waals surface area contributed by atoms with Crippen molar-refractivity contribution in [2.24, 2.45) is 11.3 Å². The fraction of sp³-hybridized carbons (Fsp3) is 0.640. The van der Waals surface area contributed by atoms with E-state index in [2.05, 4.69) is 54.0 Å². The minimum absolute atomic E-state index is 0. The Labute approximate surface area is 199 Å². The maximum atomic E-state index is 11.5. The van der Waals surface area contributed by atoms with Gasteiger partial charge in [-0.15, -0.1) is 24.8 Å². The number of nitrogens with one attached hydrogen (secondary N) is 2. The number of carboxylic acid groups (broad SMARTS) is 1. The summed E-state index contributed by atoms with van der Waals surface area (Å²) in [6.07, 6.45) is 12.2. The van der Waals surface area contributed by atoms with E-state index in [-0.39, 0.29) is 24.8 Å². The first kappa shape index (κ1) is 26.2. The number of hydrogen-bond donors (Lipinski definition) is 3. The first-order chi connectivity index (χ1) is 14.1. The molecule has 0 aliphatic heterocycles. The fourth-order valence-corrected chi connectivity index (χ4v) is 5.20. The highest BCUT2D eigenvalue weighted by atomic mass is 35.5. The van der Waals surface area contributed by atoms with Gasteiger partial charge in [0.2, 0.25) is 0 Å². The van der Waals surface area contributed by atoms with Crippen molar-refractivity contribution in [3.05, 3.63) is 41.5 Å². The molecule has 3 aliphatic carbocycles. The highest BCUT2D eigenvalue weighted by Gasteiger charge is 2.44. The number of aliphatic carboxylic acids is 1. The number of hydrogen-bond acceptors (Lipinski definition) is 3. The molecular formula is C25H38Cl2N2O2.